The van der Waals surface area contributed by atoms with Crippen LogP contribution < -0.4 is 5.32 Å². The summed E-state index contributed by atoms with van der Waals surface area (Å²) in [5, 5.41) is 12.9. The lowest BCUT2D eigenvalue weighted by atomic mass is 9.82. The Kier molecular flexibility index (Phi) is 4.19. The summed E-state index contributed by atoms with van der Waals surface area (Å²) < 4.78 is 18.4. The van der Waals surface area contributed by atoms with E-state index in [1.54, 1.807) is 0 Å². The number of ether oxygens (including phenoxy) is 1. The average molecular weight is 253 g/mol. The van der Waals surface area contributed by atoms with Gasteiger partial charge in [-0.2, -0.15) is 0 Å². The van der Waals surface area contributed by atoms with Gasteiger partial charge in [0.25, 0.3) is 0 Å². The van der Waals surface area contributed by atoms with Crippen molar-refractivity contribution in [3.63, 3.8) is 0 Å². The SMILES string of the molecule is CC1(CNCc2cc(F)ccc2O)CCOCC1. The molecule has 2 N–H and O–H groups in total. The molecule has 3 nitrogen and oxygen atoms in total. The highest BCUT2D eigenvalue weighted by Gasteiger charge is 2.26. The highest BCUT2D eigenvalue weighted by molar-refractivity contribution is 5.32. The van der Waals surface area contributed by atoms with E-state index in [0.717, 1.165) is 32.6 Å². The first-order chi connectivity index (χ1) is 8.59. The van der Waals surface area contributed by atoms with Crippen molar-refractivity contribution >= 4 is 0 Å². The van der Waals surface area contributed by atoms with Gasteiger partial charge in [0.15, 0.2) is 0 Å². The maximum Gasteiger partial charge on any atom is 0.123 e. The van der Waals surface area contributed by atoms with Crippen LogP contribution in [0.2, 0.25) is 0 Å². The number of rotatable bonds is 4. The smallest absolute Gasteiger partial charge is 0.123 e. The number of hydrogen-bond acceptors (Lipinski definition) is 3. The zero-order valence-electron chi connectivity index (χ0n) is 10.7. The number of phenols is 1. The minimum atomic E-state index is -0.318. The molecule has 0 bridgehead atoms. The molecule has 1 aliphatic rings. The Morgan fingerprint density at radius 3 is 2.83 bits per heavy atom. The molecule has 1 aliphatic heterocycles. The number of halogens is 1. The summed E-state index contributed by atoms with van der Waals surface area (Å²) in [7, 11) is 0. The summed E-state index contributed by atoms with van der Waals surface area (Å²) in [5.74, 6) is -0.178. The molecule has 0 aliphatic carbocycles. The van der Waals surface area contributed by atoms with Crippen LogP contribution in [0, 0.1) is 11.2 Å². The van der Waals surface area contributed by atoms with E-state index >= 15 is 0 Å². The predicted molar refractivity (Wildman–Crippen MR) is 67.9 cm³/mol. The summed E-state index contributed by atoms with van der Waals surface area (Å²) >= 11 is 0. The highest BCUT2D eigenvalue weighted by atomic mass is 19.1. The molecule has 0 saturated carbocycles. The molecule has 0 spiro atoms. The standard InChI is InChI=1S/C14H20FNO2/c1-14(4-6-18-7-5-14)10-16-9-11-8-12(15)2-3-13(11)17/h2-3,8,16-17H,4-7,9-10H2,1H3. The van der Waals surface area contributed by atoms with Gasteiger partial charge in [0.05, 0.1) is 0 Å². The molecule has 1 aromatic rings. The third-order valence-corrected chi connectivity index (χ3v) is 3.61. The monoisotopic (exact) mass is 253 g/mol. The van der Waals surface area contributed by atoms with Crippen molar-refractivity contribution in [1.82, 2.24) is 5.32 Å². The van der Waals surface area contributed by atoms with Gasteiger partial charge in [-0.1, -0.05) is 6.92 Å². The topological polar surface area (TPSA) is 41.5 Å². The molecule has 0 radical (unpaired) electrons. The lowest BCUT2D eigenvalue weighted by Gasteiger charge is -2.33. The second-order valence-electron chi connectivity index (χ2n) is 5.30. The number of aromatic hydroxyl groups is 1. The maximum atomic E-state index is 13.0. The molecular weight excluding hydrogens is 233 g/mol. The number of hydrogen-bond donors (Lipinski definition) is 2. The van der Waals surface area contributed by atoms with E-state index in [1.165, 1.54) is 18.2 Å². The molecular formula is C14H20FNO2. The Hall–Kier alpha value is -1.13. The fourth-order valence-electron chi connectivity index (χ4n) is 2.24. The molecule has 0 aromatic heterocycles. The molecule has 1 saturated heterocycles. The third-order valence-electron chi connectivity index (χ3n) is 3.61. The minimum Gasteiger partial charge on any atom is -0.508 e. The van der Waals surface area contributed by atoms with Gasteiger partial charge in [0.1, 0.15) is 11.6 Å². The van der Waals surface area contributed by atoms with E-state index in [9.17, 15) is 9.50 Å². The van der Waals surface area contributed by atoms with E-state index in [4.69, 9.17) is 4.74 Å². The van der Waals surface area contributed by atoms with Crippen LogP contribution in [0.15, 0.2) is 18.2 Å². The van der Waals surface area contributed by atoms with Crippen LogP contribution in [0.3, 0.4) is 0 Å². The van der Waals surface area contributed by atoms with Crippen LogP contribution in [0.4, 0.5) is 4.39 Å². The lowest BCUT2D eigenvalue weighted by molar-refractivity contribution is 0.0240. The van der Waals surface area contributed by atoms with E-state index in [0.29, 0.717) is 12.1 Å². The number of phenolic OH excluding ortho intramolecular Hbond substituents is 1. The summed E-state index contributed by atoms with van der Waals surface area (Å²) in [5.41, 5.74) is 0.840. The first-order valence-electron chi connectivity index (χ1n) is 6.35. The molecule has 1 fully saturated rings. The van der Waals surface area contributed by atoms with Crippen LogP contribution in [0.1, 0.15) is 25.3 Å². The van der Waals surface area contributed by atoms with Crippen LogP contribution >= 0.6 is 0 Å². The molecule has 1 heterocycles. The minimum absolute atomic E-state index is 0.140. The van der Waals surface area contributed by atoms with Crippen molar-refractivity contribution in [2.75, 3.05) is 19.8 Å². The Bertz CT molecular complexity index is 403. The largest absolute Gasteiger partial charge is 0.508 e. The average Bonchev–Trinajstić information content (AvgIpc) is 2.34. The Morgan fingerprint density at radius 1 is 1.39 bits per heavy atom. The predicted octanol–water partition coefficient (Wildman–Crippen LogP) is 2.44. The first kappa shape index (κ1) is 13.3. The number of benzene rings is 1. The summed E-state index contributed by atoms with van der Waals surface area (Å²) in [6.07, 6.45) is 2.07. The summed E-state index contributed by atoms with van der Waals surface area (Å²) in [4.78, 5) is 0. The van der Waals surface area contributed by atoms with E-state index in [-0.39, 0.29) is 17.0 Å². The van der Waals surface area contributed by atoms with Crippen LogP contribution in [0.5, 0.6) is 5.75 Å². The first-order valence-corrected chi connectivity index (χ1v) is 6.35. The van der Waals surface area contributed by atoms with Crippen LogP contribution in [-0.4, -0.2) is 24.9 Å². The fraction of sp³-hybridized carbons (Fsp3) is 0.571. The van der Waals surface area contributed by atoms with Gasteiger partial charge in [0, 0.05) is 31.9 Å². The summed E-state index contributed by atoms with van der Waals surface area (Å²) in [6.45, 7) is 5.19. The maximum absolute atomic E-state index is 13.0. The Labute approximate surface area is 107 Å². The molecule has 18 heavy (non-hydrogen) atoms. The van der Waals surface area contributed by atoms with Crippen molar-refractivity contribution in [1.29, 1.82) is 0 Å². The van der Waals surface area contributed by atoms with Crippen molar-refractivity contribution in [2.45, 2.75) is 26.3 Å². The van der Waals surface area contributed by atoms with Crippen molar-refractivity contribution < 1.29 is 14.2 Å². The summed E-state index contributed by atoms with van der Waals surface area (Å²) in [6, 6.07) is 4.02. The van der Waals surface area contributed by atoms with Gasteiger partial charge in [-0.05, 0) is 36.5 Å². The normalized spacial score (nSPS) is 18.8. The van der Waals surface area contributed by atoms with Crippen LogP contribution in [-0.2, 0) is 11.3 Å². The third kappa shape index (κ3) is 3.43. The molecule has 0 atom stereocenters. The molecule has 4 heteroatoms. The molecule has 0 unspecified atom stereocenters. The van der Waals surface area contributed by atoms with E-state index < -0.39 is 0 Å². The quantitative estimate of drug-likeness (QED) is 0.866. The second kappa shape index (κ2) is 5.67. The lowest BCUT2D eigenvalue weighted by Crippen LogP contribution is -2.36. The Balaban J connectivity index is 1.86. The number of nitrogens with one attached hydrogen (secondary N) is 1. The second-order valence-corrected chi connectivity index (χ2v) is 5.30. The van der Waals surface area contributed by atoms with Gasteiger partial charge < -0.3 is 15.2 Å². The van der Waals surface area contributed by atoms with Crippen LogP contribution in [0.25, 0.3) is 0 Å². The zero-order valence-corrected chi connectivity index (χ0v) is 10.7. The van der Waals surface area contributed by atoms with Gasteiger partial charge >= 0.3 is 0 Å². The van der Waals surface area contributed by atoms with Gasteiger partial charge in [-0.3, -0.25) is 0 Å². The van der Waals surface area contributed by atoms with Crippen molar-refractivity contribution in [2.24, 2.45) is 5.41 Å². The van der Waals surface area contributed by atoms with E-state index in [2.05, 4.69) is 12.2 Å². The Morgan fingerprint density at radius 2 is 2.11 bits per heavy atom. The van der Waals surface area contributed by atoms with E-state index in [1.807, 2.05) is 0 Å². The molecule has 1 aromatic carbocycles. The molecule has 0 amide bonds. The van der Waals surface area contributed by atoms with Gasteiger partial charge in [0.2, 0.25) is 0 Å². The molecule has 100 valence electrons. The van der Waals surface area contributed by atoms with Gasteiger partial charge in [-0.15, -0.1) is 0 Å². The van der Waals surface area contributed by atoms with Gasteiger partial charge in [-0.25, -0.2) is 4.39 Å². The zero-order chi connectivity index (χ0) is 13.0. The highest BCUT2D eigenvalue weighted by Crippen LogP contribution is 2.29. The molecule has 2 rings (SSSR count). The fourth-order valence-corrected chi connectivity index (χ4v) is 2.24. The van der Waals surface area contributed by atoms with Crippen molar-refractivity contribution in [3.05, 3.63) is 29.6 Å². The van der Waals surface area contributed by atoms with Crippen molar-refractivity contribution in [3.8, 4) is 5.75 Å².